The van der Waals surface area contributed by atoms with Gasteiger partial charge in [0.2, 0.25) is 0 Å². The highest BCUT2D eigenvalue weighted by Crippen LogP contribution is 2.34. The number of thiophene rings is 1. The summed E-state index contributed by atoms with van der Waals surface area (Å²) < 4.78 is 1.40. The molecule has 1 aliphatic rings. The van der Waals surface area contributed by atoms with Gasteiger partial charge in [0.05, 0.1) is 2.88 Å². The minimum atomic E-state index is 0.577. The second kappa shape index (κ2) is 5.64. The molecule has 1 saturated carbocycles. The first-order valence-electron chi connectivity index (χ1n) is 5.71. The molecular weight excluding hydrogens is 317 g/mol. The molecule has 1 aromatic rings. The molecule has 0 aliphatic heterocycles. The summed E-state index contributed by atoms with van der Waals surface area (Å²) in [6.45, 7) is 0. The first-order chi connectivity index (χ1) is 7.29. The lowest BCUT2D eigenvalue weighted by Crippen LogP contribution is -2.18. The summed E-state index contributed by atoms with van der Waals surface area (Å²) in [4.78, 5) is 0. The van der Waals surface area contributed by atoms with Crippen molar-refractivity contribution in [3.05, 3.63) is 19.9 Å². The second-order valence-corrected chi connectivity index (χ2v) is 7.22. The van der Waals surface area contributed by atoms with Crippen molar-refractivity contribution < 1.29 is 0 Å². The Morgan fingerprint density at radius 2 is 2.27 bits per heavy atom. The van der Waals surface area contributed by atoms with Crippen LogP contribution in [0.2, 0.25) is 0 Å². The number of nitrogens with one attached hydrogen (secondary N) is 1. The summed E-state index contributed by atoms with van der Waals surface area (Å²) >= 11 is 4.26. The molecule has 0 radical (unpaired) electrons. The van der Waals surface area contributed by atoms with Crippen LogP contribution in [0.15, 0.2) is 11.4 Å². The summed E-state index contributed by atoms with van der Waals surface area (Å²) in [7, 11) is 2.09. The maximum Gasteiger partial charge on any atom is 0.0656 e. The number of hydrogen-bond acceptors (Lipinski definition) is 2. The third-order valence-corrected chi connectivity index (χ3v) is 5.19. The van der Waals surface area contributed by atoms with Gasteiger partial charge in [-0.2, -0.15) is 0 Å². The third-order valence-electron chi connectivity index (χ3n) is 3.38. The molecule has 1 nitrogen and oxygen atoms in total. The van der Waals surface area contributed by atoms with E-state index in [0.29, 0.717) is 6.04 Å². The third kappa shape index (κ3) is 3.17. The summed E-state index contributed by atoms with van der Waals surface area (Å²) in [5, 5.41) is 5.77. The highest BCUT2D eigenvalue weighted by Gasteiger charge is 2.20. The zero-order valence-corrected chi connectivity index (χ0v) is 12.1. The monoisotopic (exact) mass is 335 g/mol. The molecule has 2 rings (SSSR count). The fraction of sp³-hybridized carbons (Fsp3) is 0.667. The molecule has 1 aliphatic carbocycles. The van der Waals surface area contributed by atoms with Crippen LogP contribution in [0.5, 0.6) is 0 Å². The van der Waals surface area contributed by atoms with Crippen LogP contribution in [0.1, 0.15) is 43.7 Å². The van der Waals surface area contributed by atoms with Gasteiger partial charge >= 0.3 is 0 Å². The van der Waals surface area contributed by atoms with Gasteiger partial charge < -0.3 is 5.32 Å². The Bertz CT molecular complexity index is 304. The van der Waals surface area contributed by atoms with Gasteiger partial charge in [0, 0.05) is 6.04 Å². The Hall–Kier alpha value is 0.390. The number of halogens is 1. The van der Waals surface area contributed by atoms with Crippen molar-refractivity contribution in [2.24, 2.45) is 5.92 Å². The predicted molar refractivity (Wildman–Crippen MR) is 75.4 cm³/mol. The van der Waals surface area contributed by atoms with Crippen LogP contribution >= 0.6 is 33.9 Å². The van der Waals surface area contributed by atoms with Crippen molar-refractivity contribution in [3.63, 3.8) is 0 Å². The smallest absolute Gasteiger partial charge is 0.0656 e. The van der Waals surface area contributed by atoms with E-state index in [-0.39, 0.29) is 0 Å². The fourth-order valence-electron chi connectivity index (χ4n) is 2.51. The normalized spacial score (nSPS) is 19.6. The van der Waals surface area contributed by atoms with E-state index in [2.05, 4.69) is 46.4 Å². The molecule has 15 heavy (non-hydrogen) atoms. The van der Waals surface area contributed by atoms with Crippen molar-refractivity contribution in [1.82, 2.24) is 5.32 Å². The van der Waals surface area contributed by atoms with Crippen LogP contribution in [0.4, 0.5) is 0 Å². The Labute approximate surface area is 110 Å². The van der Waals surface area contributed by atoms with Gasteiger partial charge in [-0.25, -0.2) is 0 Å². The molecule has 3 heteroatoms. The van der Waals surface area contributed by atoms with Crippen LogP contribution in [0.3, 0.4) is 0 Å². The molecule has 1 atom stereocenters. The lowest BCUT2D eigenvalue weighted by Gasteiger charge is -2.19. The van der Waals surface area contributed by atoms with E-state index in [1.54, 1.807) is 0 Å². The van der Waals surface area contributed by atoms with Crippen LogP contribution in [0.25, 0.3) is 0 Å². The highest BCUT2D eigenvalue weighted by molar-refractivity contribution is 14.1. The molecule has 1 unspecified atom stereocenters. The molecular formula is C12H18INS. The van der Waals surface area contributed by atoms with Crippen molar-refractivity contribution in [3.8, 4) is 0 Å². The lowest BCUT2D eigenvalue weighted by molar-refractivity contribution is 0.414. The summed E-state index contributed by atoms with van der Waals surface area (Å²) in [5.41, 5.74) is 1.49. The van der Waals surface area contributed by atoms with Gasteiger partial charge in [0.15, 0.2) is 0 Å². The van der Waals surface area contributed by atoms with Gasteiger partial charge in [-0.05, 0) is 59.0 Å². The zero-order valence-electron chi connectivity index (χ0n) is 9.13. The molecule has 1 aromatic heterocycles. The van der Waals surface area contributed by atoms with Crippen molar-refractivity contribution in [2.45, 2.75) is 38.1 Å². The SMILES string of the molecule is CNC(CC1CCCC1)c1csc(I)c1. The Morgan fingerprint density at radius 1 is 1.53 bits per heavy atom. The molecule has 0 bridgehead atoms. The first-order valence-corrected chi connectivity index (χ1v) is 7.66. The van der Waals surface area contributed by atoms with Crippen molar-refractivity contribution in [1.29, 1.82) is 0 Å². The molecule has 0 aromatic carbocycles. The molecule has 1 N–H and O–H groups in total. The summed E-state index contributed by atoms with van der Waals surface area (Å²) in [6.07, 6.45) is 7.10. The minimum Gasteiger partial charge on any atom is -0.313 e. The second-order valence-electron chi connectivity index (χ2n) is 4.41. The van der Waals surface area contributed by atoms with E-state index >= 15 is 0 Å². The first kappa shape index (κ1) is 11.9. The van der Waals surface area contributed by atoms with Gasteiger partial charge in [0.25, 0.3) is 0 Å². The van der Waals surface area contributed by atoms with Gasteiger partial charge in [-0.15, -0.1) is 11.3 Å². The van der Waals surface area contributed by atoms with Gasteiger partial charge in [0.1, 0.15) is 0 Å². The Morgan fingerprint density at radius 3 is 2.80 bits per heavy atom. The number of rotatable bonds is 4. The van der Waals surface area contributed by atoms with Gasteiger partial charge in [-0.1, -0.05) is 25.7 Å². The van der Waals surface area contributed by atoms with Crippen LogP contribution in [-0.4, -0.2) is 7.05 Å². The standard InChI is InChI=1S/C12H18INS/c1-14-11(6-9-4-2-3-5-9)10-7-12(13)15-8-10/h7-9,11,14H,2-6H2,1H3. The van der Waals surface area contributed by atoms with E-state index in [1.165, 1.54) is 40.6 Å². The number of hydrogen-bond donors (Lipinski definition) is 1. The van der Waals surface area contributed by atoms with E-state index in [0.717, 1.165) is 5.92 Å². The molecule has 1 heterocycles. The molecule has 0 saturated heterocycles. The predicted octanol–water partition coefficient (Wildman–Crippen LogP) is 4.19. The lowest BCUT2D eigenvalue weighted by atomic mass is 9.95. The quantitative estimate of drug-likeness (QED) is 0.814. The molecule has 84 valence electrons. The molecule has 0 amide bonds. The largest absolute Gasteiger partial charge is 0.313 e. The van der Waals surface area contributed by atoms with Crippen LogP contribution < -0.4 is 5.32 Å². The van der Waals surface area contributed by atoms with Crippen LogP contribution in [0, 0.1) is 8.80 Å². The van der Waals surface area contributed by atoms with E-state index < -0.39 is 0 Å². The summed E-state index contributed by atoms with van der Waals surface area (Å²) in [5.74, 6) is 0.958. The van der Waals surface area contributed by atoms with E-state index in [4.69, 9.17) is 0 Å². The maximum absolute atomic E-state index is 3.46. The van der Waals surface area contributed by atoms with Crippen molar-refractivity contribution in [2.75, 3.05) is 7.05 Å². The average molecular weight is 335 g/mol. The van der Waals surface area contributed by atoms with Crippen molar-refractivity contribution >= 4 is 33.9 Å². The van der Waals surface area contributed by atoms with Crippen LogP contribution in [-0.2, 0) is 0 Å². The van der Waals surface area contributed by atoms with Gasteiger partial charge in [-0.3, -0.25) is 0 Å². The Kier molecular flexibility index (Phi) is 4.46. The zero-order chi connectivity index (χ0) is 10.7. The minimum absolute atomic E-state index is 0.577. The summed E-state index contributed by atoms with van der Waals surface area (Å²) in [6, 6.07) is 2.90. The topological polar surface area (TPSA) is 12.0 Å². The Balaban J connectivity index is 1.97. The molecule has 0 spiro atoms. The fourth-order valence-corrected chi connectivity index (χ4v) is 3.93. The van der Waals surface area contributed by atoms with E-state index in [1.807, 2.05) is 11.3 Å². The average Bonchev–Trinajstić information content (AvgIpc) is 2.85. The maximum atomic E-state index is 3.46. The highest BCUT2D eigenvalue weighted by atomic mass is 127. The van der Waals surface area contributed by atoms with E-state index in [9.17, 15) is 0 Å². The molecule has 1 fully saturated rings.